The van der Waals surface area contributed by atoms with Gasteiger partial charge in [0, 0.05) is 11.4 Å². The monoisotopic (exact) mass is 485 g/mol. The lowest BCUT2D eigenvalue weighted by Crippen LogP contribution is -2.20. The number of rotatable bonds is 11. The summed E-state index contributed by atoms with van der Waals surface area (Å²) < 4.78 is 5.45. The number of hydrogen-bond donors (Lipinski definition) is 1. The molecule has 7 heteroatoms. The lowest BCUT2D eigenvalue weighted by Gasteiger charge is -2.30. The van der Waals surface area contributed by atoms with Crippen LogP contribution in [0, 0.1) is 11.3 Å². The van der Waals surface area contributed by atoms with Crippen molar-refractivity contribution in [3.8, 4) is 11.4 Å². The molecule has 1 unspecified atom stereocenters. The number of unbranched alkanes of at least 4 members (excludes halogenated alkanes) is 1. The number of phenolic OH excluding ortho intramolecular Hbond substituents is 1. The van der Waals surface area contributed by atoms with E-state index in [2.05, 4.69) is 37.9 Å². The number of halogens is 1. The Morgan fingerprint density at radius 3 is 2.59 bits per heavy atom. The van der Waals surface area contributed by atoms with Crippen molar-refractivity contribution in [1.82, 2.24) is 15.0 Å². The van der Waals surface area contributed by atoms with Gasteiger partial charge in [0.1, 0.15) is 22.5 Å². The highest BCUT2D eigenvalue weighted by atomic mass is 35.5. The predicted molar refractivity (Wildman–Crippen MR) is 137 cm³/mol. The summed E-state index contributed by atoms with van der Waals surface area (Å²) >= 11 is 6.03. The summed E-state index contributed by atoms with van der Waals surface area (Å²) in [6, 6.07) is 10.4. The van der Waals surface area contributed by atoms with Crippen molar-refractivity contribution >= 4 is 28.6 Å². The van der Waals surface area contributed by atoms with E-state index in [1.54, 1.807) is 36.4 Å². The molecule has 0 radical (unpaired) electrons. The van der Waals surface area contributed by atoms with Gasteiger partial charge in [-0.1, -0.05) is 58.2 Å². The van der Waals surface area contributed by atoms with E-state index in [0.29, 0.717) is 46.1 Å². The molecule has 34 heavy (non-hydrogen) atoms. The summed E-state index contributed by atoms with van der Waals surface area (Å²) in [5, 5.41) is 19.7. The first kappa shape index (κ1) is 26.0. The molecular weight excluding hydrogens is 450 g/mol. The molecule has 184 valence electrons. The summed E-state index contributed by atoms with van der Waals surface area (Å²) in [7, 11) is 0. The Morgan fingerprint density at radius 1 is 1.09 bits per heavy atom. The van der Waals surface area contributed by atoms with E-state index >= 15 is 0 Å². The Bertz CT molecular complexity index is 1100. The number of fused-ring (bicyclic) bond motifs is 1. The number of phenols is 1. The average molecular weight is 486 g/mol. The second-order valence-electron chi connectivity index (χ2n) is 10.0. The van der Waals surface area contributed by atoms with E-state index < -0.39 is 0 Å². The van der Waals surface area contributed by atoms with Crippen LogP contribution in [0.1, 0.15) is 71.8 Å². The number of carbonyl (C=O) groups is 1. The number of benzene rings is 2. The van der Waals surface area contributed by atoms with Crippen molar-refractivity contribution < 1.29 is 14.6 Å². The number of aromatic hydroxyl groups is 1. The average Bonchev–Trinajstić information content (AvgIpc) is 3.19. The normalized spacial score (nSPS) is 12.7. The Hall–Kier alpha value is -2.60. The van der Waals surface area contributed by atoms with E-state index in [1.807, 2.05) is 0 Å². The summed E-state index contributed by atoms with van der Waals surface area (Å²) in [6.45, 7) is 9.63. The van der Waals surface area contributed by atoms with E-state index in [0.717, 1.165) is 18.4 Å². The van der Waals surface area contributed by atoms with Crippen LogP contribution in [-0.2, 0) is 16.0 Å². The molecule has 0 fully saturated rings. The molecule has 2 aromatic carbocycles. The maximum Gasteiger partial charge on any atom is 0.306 e. The molecule has 0 saturated heterocycles. The highest BCUT2D eigenvalue weighted by molar-refractivity contribution is 6.31. The highest BCUT2D eigenvalue weighted by Gasteiger charge is 2.23. The third kappa shape index (κ3) is 7.20. The smallest absolute Gasteiger partial charge is 0.306 e. The highest BCUT2D eigenvalue weighted by Crippen LogP contribution is 2.33. The molecular formula is C27H36ClN3O3. The third-order valence-electron chi connectivity index (χ3n) is 6.29. The lowest BCUT2D eigenvalue weighted by atomic mass is 9.75. The van der Waals surface area contributed by atoms with E-state index in [-0.39, 0.29) is 18.1 Å². The molecule has 0 aliphatic rings. The first-order valence-electron chi connectivity index (χ1n) is 12.2. The Morgan fingerprint density at radius 2 is 1.85 bits per heavy atom. The topological polar surface area (TPSA) is 77.2 Å². The van der Waals surface area contributed by atoms with Crippen molar-refractivity contribution in [1.29, 1.82) is 0 Å². The van der Waals surface area contributed by atoms with E-state index in [4.69, 9.17) is 16.3 Å². The zero-order valence-corrected chi connectivity index (χ0v) is 21.4. The van der Waals surface area contributed by atoms with Gasteiger partial charge in [-0.3, -0.25) is 4.79 Å². The minimum absolute atomic E-state index is 0.0642. The molecule has 1 heterocycles. The number of esters is 1. The largest absolute Gasteiger partial charge is 0.506 e. The molecule has 3 rings (SSSR count). The number of aromatic nitrogens is 3. The van der Waals surface area contributed by atoms with Crippen LogP contribution in [-0.4, -0.2) is 32.7 Å². The van der Waals surface area contributed by atoms with Crippen LogP contribution in [0.2, 0.25) is 5.02 Å². The van der Waals surface area contributed by atoms with Crippen LogP contribution < -0.4 is 0 Å². The number of ether oxygens (including phenoxy) is 1. The summed E-state index contributed by atoms with van der Waals surface area (Å²) in [4.78, 5) is 13.6. The number of nitrogens with zero attached hydrogens (tertiary/aromatic N) is 3. The maximum atomic E-state index is 12.2. The fourth-order valence-corrected chi connectivity index (χ4v) is 4.40. The summed E-state index contributed by atoms with van der Waals surface area (Å²) in [6.07, 6.45) is 6.40. The number of hydrogen-bond acceptors (Lipinski definition) is 5. The van der Waals surface area contributed by atoms with Gasteiger partial charge < -0.3 is 9.84 Å². The van der Waals surface area contributed by atoms with Crippen molar-refractivity contribution in [2.75, 3.05) is 6.61 Å². The minimum Gasteiger partial charge on any atom is -0.506 e. The van der Waals surface area contributed by atoms with Gasteiger partial charge in [-0.05, 0) is 72.9 Å². The fraction of sp³-hybridized carbons (Fsp3) is 0.519. The Balaban J connectivity index is 1.48. The third-order valence-corrected chi connectivity index (χ3v) is 6.52. The van der Waals surface area contributed by atoms with Gasteiger partial charge in [-0.15, -0.1) is 15.0 Å². The molecule has 0 spiro atoms. The van der Waals surface area contributed by atoms with Gasteiger partial charge >= 0.3 is 5.97 Å². The molecule has 0 bridgehead atoms. The lowest BCUT2D eigenvalue weighted by molar-refractivity contribution is -0.143. The number of carbonyl (C=O) groups excluding carboxylic acids is 1. The molecule has 0 saturated carbocycles. The van der Waals surface area contributed by atoms with Gasteiger partial charge in [0.05, 0.1) is 6.61 Å². The van der Waals surface area contributed by atoms with E-state index in [1.165, 1.54) is 24.1 Å². The SMILES string of the molecule is CCCC(CCCCOC(=O)CCc1ccc(O)c(-n2nc3ccc(Cl)cc3n2)c1)C(C)(C)C. The van der Waals surface area contributed by atoms with Crippen LogP contribution in [0.4, 0.5) is 0 Å². The summed E-state index contributed by atoms with van der Waals surface area (Å²) in [5.74, 6) is 0.568. The quantitative estimate of drug-likeness (QED) is 0.236. The molecule has 0 aliphatic carbocycles. The standard InChI is InChI=1S/C27H36ClN3O3/c1-5-8-20(27(2,3)4)9-6-7-16-34-26(33)15-11-19-10-14-25(32)24(17-19)31-29-22-13-12-21(28)18-23(22)30-31/h10,12-14,17-18,20,32H,5-9,11,15-16H2,1-4H3. The van der Waals surface area contributed by atoms with Gasteiger partial charge in [-0.2, -0.15) is 0 Å². The minimum atomic E-state index is -0.201. The molecule has 1 N–H and O–H groups in total. The van der Waals surface area contributed by atoms with Gasteiger partial charge in [0.15, 0.2) is 0 Å². The maximum absolute atomic E-state index is 12.2. The van der Waals surface area contributed by atoms with Crippen molar-refractivity contribution in [2.24, 2.45) is 11.3 Å². The van der Waals surface area contributed by atoms with Crippen molar-refractivity contribution in [3.05, 3.63) is 47.0 Å². The second kappa shape index (κ2) is 11.7. The fourth-order valence-electron chi connectivity index (χ4n) is 4.24. The van der Waals surface area contributed by atoms with Crippen LogP contribution >= 0.6 is 11.6 Å². The summed E-state index contributed by atoms with van der Waals surface area (Å²) in [5.41, 5.74) is 3.00. The van der Waals surface area contributed by atoms with Gasteiger partial charge in [0.2, 0.25) is 0 Å². The Labute approximate surface area is 207 Å². The van der Waals surface area contributed by atoms with Gasteiger partial charge in [0.25, 0.3) is 0 Å². The van der Waals surface area contributed by atoms with Crippen LogP contribution in [0.3, 0.4) is 0 Å². The predicted octanol–water partition coefficient (Wildman–Crippen LogP) is 6.89. The molecule has 3 aromatic rings. The van der Waals surface area contributed by atoms with Crippen molar-refractivity contribution in [2.45, 2.75) is 72.6 Å². The molecule has 1 atom stereocenters. The molecule has 0 aliphatic heterocycles. The van der Waals surface area contributed by atoms with Gasteiger partial charge in [-0.25, -0.2) is 0 Å². The molecule has 0 amide bonds. The zero-order chi connectivity index (χ0) is 24.7. The van der Waals surface area contributed by atoms with Crippen LogP contribution in [0.25, 0.3) is 16.7 Å². The molecule has 1 aromatic heterocycles. The van der Waals surface area contributed by atoms with Crippen LogP contribution in [0.5, 0.6) is 5.75 Å². The Kier molecular flexibility index (Phi) is 8.95. The second-order valence-corrected chi connectivity index (χ2v) is 10.4. The zero-order valence-electron chi connectivity index (χ0n) is 20.7. The van der Waals surface area contributed by atoms with Crippen LogP contribution in [0.15, 0.2) is 36.4 Å². The van der Waals surface area contributed by atoms with Crippen molar-refractivity contribution in [3.63, 3.8) is 0 Å². The number of aryl methyl sites for hydroxylation is 1. The molecule has 6 nitrogen and oxygen atoms in total. The first-order valence-corrected chi connectivity index (χ1v) is 12.6. The van der Waals surface area contributed by atoms with E-state index in [9.17, 15) is 9.90 Å². The first-order chi connectivity index (χ1) is 16.2.